The van der Waals surface area contributed by atoms with Crippen molar-refractivity contribution in [2.45, 2.75) is 0 Å². The number of nitro groups is 1. The summed E-state index contributed by atoms with van der Waals surface area (Å²) >= 11 is 1.42. The topological polar surface area (TPSA) is 75.8 Å². The molecule has 0 atom stereocenters. The second-order valence-corrected chi connectivity index (χ2v) is 4.40. The number of amidine groups is 1. The highest BCUT2D eigenvalue weighted by Crippen LogP contribution is 2.17. The second-order valence-electron chi connectivity index (χ2n) is 3.63. The number of amides is 1. The van der Waals surface area contributed by atoms with Crippen LogP contribution in [0.4, 0.5) is 5.69 Å². The fourth-order valence-electron chi connectivity index (χ4n) is 1.67. The molecule has 94 valence electrons. The molecule has 0 bridgehead atoms. The molecule has 18 heavy (non-hydrogen) atoms. The third-order valence-corrected chi connectivity index (χ3v) is 3.27. The number of hydrogen-bond acceptors (Lipinski definition) is 5. The quantitative estimate of drug-likeness (QED) is 0.603. The Morgan fingerprint density at radius 1 is 1.44 bits per heavy atom. The fraction of sp³-hybridized carbons (Fsp3) is 0.273. The third-order valence-electron chi connectivity index (χ3n) is 2.55. The van der Waals surface area contributed by atoms with Gasteiger partial charge in [0, 0.05) is 24.2 Å². The number of thioether (sulfide) groups is 1. The summed E-state index contributed by atoms with van der Waals surface area (Å²) in [6.45, 7) is 1.17. The SMILES string of the molecule is CSC1=NCCN1C(=O)c1ccc([N+](=O)[O-])cc1. The van der Waals surface area contributed by atoms with Crippen molar-refractivity contribution in [1.82, 2.24) is 4.90 Å². The minimum atomic E-state index is -0.487. The molecule has 7 heteroatoms. The first-order valence-corrected chi connectivity index (χ1v) is 6.50. The Balaban J connectivity index is 2.19. The predicted molar refractivity (Wildman–Crippen MR) is 69.9 cm³/mol. The van der Waals surface area contributed by atoms with Crippen LogP contribution in [0.5, 0.6) is 0 Å². The van der Waals surface area contributed by atoms with Gasteiger partial charge in [-0.1, -0.05) is 11.8 Å². The van der Waals surface area contributed by atoms with Crippen LogP contribution in [-0.4, -0.2) is 40.2 Å². The van der Waals surface area contributed by atoms with Gasteiger partial charge in [-0.25, -0.2) is 0 Å². The van der Waals surface area contributed by atoms with Crippen LogP contribution in [0.2, 0.25) is 0 Å². The van der Waals surface area contributed by atoms with Gasteiger partial charge in [-0.15, -0.1) is 0 Å². The number of nitro benzene ring substituents is 1. The fourth-order valence-corrected chi connectivity index (χ4v) is 2.29. The molecule has 0 N–H and O–H groups in total. The molecule has 0 aliphatic carbocycles. The highest BCUT2D eigenvalue weighted by molar-refractivity contribution is 8.13. The lowest BCUT2D eigenvalue weighted by molar-refractivity contribution is -0.384. The lowest BCUT2D eigenvalue weighted by Crippen LogP contribution is -2.32. The lowest BCUT2D eigenvalue weighted by Gasteiger charge is -2.16. The van der Waals surface area contributed by atoms with E-state index in [2.05, 4.69) is 4.99 Å². The summed E-state index contributed by atoms with van der Waals surface area (Å²) in [5.41, 5.74) is 0.413. The minimum absolute atomic E-state index is 0.0215. The lowest BCUT2D eigenvalue weighted by atomic mass is 10.2. The molecule has 1 aliphatic rings. The van der Waals surface area contributed by atoms with Crippen LogP contribution in [0.25, 0.3) is 0 Å². The molecule has 1 aromatic rings. The summed E-state index contributed by atoms with van der Waals surface area (Å²) in [6, 6.07) is 5.60. The van der Waals surface area contributed by atoms with E-state index in [1.165, 1.54) is 36.0 Å². The zero-order chi connectivity index (χ0) is 13.1. The van der Waals surface area contributed by atoms with E-state index in [1.54, 1.807) is 4.90 Å². The molecule has 0 saturated carbocycles. The van der Waals surface area contributed by atoms with Gasteiger partial charge < -0.3 is 0 Å². The van der Waals surface area contributed by atoms with E-state index in [4.69, 9.17) is 0 Å². The van der Waals surface area contributed by atoms with Crippen molar-refractivity contribution in [3.05, 3.63) is 39.9 Å². The number of benzene rings is 1. The Morgan fingerprint density at radius 2 is 2.11 bits per heavy atom. The van der Waals surface area contributed by atoms with E-state index < -0.39 is 4.92 Å². The Bertz CT molecular complexity index is 513. The van der Waals surface area contributed by atoms with E-state index in [-0.39, 0.29) is 11.6 Å². The summed E-state index contributed by atoms with van der Waals surface area (Å²) < 4.78 is 0. The standard InChI is InChI=1S/C11H11N3O3S/c1-18-11-12-6-7-13(11)10(15)8-2-4-9(5-3-8)14(16)17/h2-5H,6-7H2,1H3. The molecule has 1 amide bonds. The Morgan fingerprint density at radius 3 is 2.67 bits per heavy atom. The van der Waals surface area contributed by atoms with Crippen molar-refractivity contribution in [1.29, 1.82) is 0 Å². The number of hydrogen-bond donors (Lipinski definition) is 0. The van der Waals surface area contributed by atoms with Gasteiger partial charge >= 0.3 is 0 Å². The maximum atomic E-state index is 12.2. The molecule has 0 saturated heterocycles. The number of carbonyl (C=O) groups excluding carboxylic acids is 1. The molecular weight excluding hydrogens is 254 g/mol. The van der Waals surface area contributed by atoms with Crippen LogP contribution >= 0.6 is 11.8 Å². The molecule has 1 heterocycles. The molecule has 0 aromatic heterocycles. The average Bonchev–Trinajstić information content (AvgIpc) is 2.86. The molecule has 0 spiro atoms. The highest BCUT2D eigenvalue weighted by Gasteiger charge is 2.24. The van der Waals surface area contributed by atoms with Gasteiger partial charge in [-0.3, -0.25) is 24.8 Å². The summed E-state index contributed by atoms with van der Waals surface area (Å²) in [4.78, 5) is 28.0. The maximum Gasteiger partial charge on any atom is 0.269 e. The van der Waals surface area contributed by atoms with Crippen molar-refractivity contribution in [2.75, 3.05) is 19.3 Å². The molecule has 1 aromatic carbocycles. The molecule has 0 unspecified atom stereocenters. The number of aliphatic imine (C=N–C) groups is 1. The van der Waals surface area contributed by atoms with Gasteiger partial charge in [0.2, 0.25) is 0 Å². The number of non-ortho nitro benzene ring substituents is 1. The Labute approximate surface area is 108 Å². The van der Waals surface area contributed by atoms with E-state index in [0.717, 1.165) is 0 Å². The third kappa shape index (κ3) is 2.35. The largest absolute Gasteiger partial charge is 0.286 e. The number of carbonyl (C=O) groups is 1. The predicted octanol–water partition coefficient (Wildman–Crippen LogP) is 1.77. The van der Waals surface area contributed by atoms with Crippen molar-refractivity contribution in [3.63, 3.8) is 0 Å². The first-order chi connectivity index (χ1) is 8.63. The molecule has 6 nitrogen and oxygen atoms in total. The van der Waals surface area contributed by atoms with E-state index in [0.29, 0.717) is 23.8 Å². The summed E-state index contributed by atoms with van der Waals surface area (Å²) in [5, 5.41) is 11.2. The van der Waals surface area contributed by atoms with Gasteiger partial charge in [0.05, 0.1) is 11.5 Å². The second kappa shape index (κ2) is 5.18. The Hall–Kier alpha value is -1.89. The van der Waals surface area contributed by atoms with Crippen LogP contribution in [0, 0.1) is 10.1 Å². The smallest absolute Gasteiger partial charge is 0.269 e. The molecule has 0 fully saturated rings. The molecule has 2 rings (SSSR count). The van der Waals surface area contributed by atoms with Crippen LogP contribution in [0.1, 0.15) is 10.4 Å². The summed E-state index contributed by atoms with van der Waals surface area (Å²) in [7, 11) is 0. The van der Waals surface area contributed by atoms with Crippen molar-refractivity contribution in [2.24, 2.45) is 4.99 Å². The van der Waals surface area contributed by atoms with Crippen LogP contribution in [0.15, 0.2) is 29.3 Å². The first kappa shape index (κ1) is 12.6. The first-order valence-electron chi connectivity index (χ1n) is 5.28. The van der Waals surface area contributed by atoms with Crippen LogP contribution in [0.3, 0.4) is 0 Å². The normalized spacial score (nSPS) is 14.5. The molecule has 1 aliphatic heterocycles. The van der Waals surface area contributed by atoms with Crippen LogP contribution in [-0.2, 0) is 0 Å². The van der Waals surface area contributed by atoms with E-state index in [9.17, 15) is 14.9 Å². The highest BCUT2D eigenvalue weighted by atomic mass is 32.2. The van der Waals surface area contributed by atoms with Gasteiger partial charge in [-0.2, -0.15) is 0 Å². The van der Waals surface area contributed by atoms with E-state index >= 15 is 0 Å². The van der Waals surface area contributed by atoms with Gasteiger partial charge in [0.15, 0.2) is 5.17 Å². The van der Waals surface area contributed by atoms with Gasteiger partial charge in [-0.05, 0) is 18.4 Å². The van der Waals surface area contributed by atoms with Crippen molar-refractivity contribution in [3.8, 4) is 0 Å². The molecule has 0 radical (unpaired) electrons. The van der Waals surface area contributed by atoms with Gasteiger partial charge in [0.1, 0.15) is 0 Å². The van der Waals surface area contributed by atoms with Crippen molar-refractivity contribution < 1.29 is 9.72 Å². The number of nitrogens with zero attached hydrogens (tertiary/aromatic N) is 3. The van der Waals surface area contributed by atoms with Crippen molar-refractivity contribution >= 4 is 28.5 Å². The zero-order valence-electron chi connectivity index (χ0n) is 9.70. The van der Waals surface area contributed by atoms with E-state index in [1.807, 2.05) is 6.26 Å². The number of rotatable bonds is 2. The summed E-state index contributed by atoms with van der Waals surface area (Å²) in [5.74, 6) is -0.171. The maximum absolute atomic E-state index is 12.2. The van der Waals surface area contributed by atoms with Gasteiger partial charge in [0.25, 0.3) is 11.6 Å². The summed E-state index contributed by atoms with van der Waals surface area (Å²) in [6.07, 6.45) is 1.86. The average molecular weight is 265 g/mol. The van der Waals surface area contributed by atoms with Crippen LogP contribution < -0.4 is 0 Å². The zero-order valence-corrected chi connectivity index (χ0v) is 10.5. The minimum Gasteiger partial charge on any atom is -0.286 e. The monoisotopic (exact) mass is 265 g/mol. The molecular formula is C11H11N3O3S. The Kier molecular flexibility index (Phi) is 3.61.